The first kappa shape index (κ1) is 18.6. The Morgan fingerprint density at radius 1 is 1.04 bits per heavy atom. The third kappa shape index (κ3) is 3.40. The van der Waals surface area contributed by atoms with Crippen LogP contribution < -0.4 is 14.2 Å². The fourth-order valence-corrected chi connectivity index (χ4v) is 3.36. The van der Waals surface area contributed by atoms with Gasteiger partial charge < -0.3 is 24.2 Å². The van der Waals surface area contributed by atoms with Gasteiger partial charge in [0.15, 0.2) is 11.5 Å². The van der Waals surface area contributed by atoms with Crippen LogP contribution in [0.5, 0.6) is 17.2 Å². The summed E-state index contributed by atoms with van der Waals surface area (Å²) in [5.74, 6) is -0.885. The molecule has 7 heteroatoms. The maximum Gasteiger partial charge on any atom is 0.312 e. The third-order valence-electron chi connectivity index (χ3n) is 4.69. The first-order chi connectivity index (χ1) is 13.0. The highest BCUT2D eigenvalue weighted by Gasteiger charge is 2.33. The number of carbonyl (C=O) groups is 2. The van der Waals surface area contributed by atoms with Crippen molar-refractivity contribution in [2.45, 2.75) is 12.5 Å². The monoisotopic (exact) mass is 371 g/mol. The molecule has 1 amide bonds. The second kappa shape index (κ2) is 7.57. The highest BCUT2D eigenvalue weighted by molar-refractivity contribution is 5.96. The Hall–Kier alpha value is -3.22. The van der Waals surface area contributed by atoms with E-state index in [1.165, 1.54) is 26.2 Å². The summed E-state index contributed by atoms with van der Waals surface area (Å²) < 4.78 is 15.9. The number of methoxy groups -OCH3 is 3. The summed E-state index contributed by atoms with van der Waals surface area (Å²) in [6, 6.07) is 10.4. The van der Waals surface area contributed by atoms with E-state index in [0.29, 0.717) is 29.4 Å². The molecule has 1 N–H and O–H groups in total. The van der Waals surface area contributed by atoms with E-state index in [-0.39, 0.29) is 12.5 Å². The lowest BCUT2D eigenvalue weighted by Gasteiger charge is -2.33. The summed E-state index contributed by atoms with van der Waals surface area (Å²) in [5.41, 5.74) is 1.92. The SMILES string of the molecule is COc1cc(C(=O)N2Cc3ccccc3C(C(=O)O)C2)cc(OC)c1OC. The molecule has 0 saturated heterocycles. The van der Waals surface area contributed by atoms with Gasteiger partial charge in [-0.15, -0.1) is 0 Å². The number of aliphatic carboxylic acids is 1. The normalized spacial score (nSPS) is 15.7. The molecule has 1 unspecified atom stereocenters. The van der Waals surface area contributed by atoms with Crippen LogP contribution in [0.15, 0.2) is 36.4 Å². The number of benzene rings is 2. The summed E-state index contributed by atoms with van der Waals surface area (Å²) in [4.78, 5) is 26.3. The van der Waals surface area contributed by atoms with Gasteiger partial charge in [0.05, 0.1) is 27.2 Å². The van der Waals surface area contributed by atoms with Crippen LogP contribution in [0.1, 0.15) is 27.4 Å². The van der Waals surface area contributed by atoms with Crippen molar-refractivity contribution in [3.63, 3.8) is 0 Å². The topological polar surface area (TPSA) is 85.3 Å². The number of carboxylic acid groups (broad SMARTS) is 1. The molecule has 0 radical (unpaired) electrons. The number of carbonyl (C=O) groups excluding carboxylic acids is 1. The molecule has 0 aliphatic carbocycles. The van der Waals surface area contributed by atoms with Gasteiger partial charge in [0.25, 0.3) is 5.91 Å². The largest absolute Gasteiger partial charge is 0.493 e. The molecule has 2 aromatic rings. The Morgan fingerprint density at radius 2 is 1.67 bits per heavy atom. The minimum absolute atomic E-state index is 0.0990. The van der Waals surface area contributed by atoms with Gasteiger partial charge in [0, 0.05) is 18.7 Å². The quantitative estimate of drug-likeness (QED) is 0.869. The number of rotatable bonds is 5. The van der Waals surface area contributed by atoms with Crippen LogP contribution >= 0.6 is 0 Å². The molecule has 2 aromatic carbocycles. The number of ether oxygens (including phenoxy) is 3. The van der Waals surface area contributed by atoms with Crippen molar-refractivity contribution in [1.29, 1.82) is 0 Å². The van der Waals surface area contributed by atoms with E-state index >= 15 is 0 Å². The van der Waals surface area contributed by atoms with Crippen LogP contribution in [0.3, 0.4) is 0 Å². The van der Waals surface area contributed by atoms with Crippen molar-refractivity contribution >= 4 is 11.9 Å². The summed E-state index contributed by atoms with van der Waals surface area (Å²) in [6.45, 7) is 0.442. The molecule has 0 saturated carbocycles. The zero-order valence-corrected chi connectivity index (χ0v) is 15.4. The van der Waals surface area contributed by atoms with E-state index in [1.807, 2.05) is 18.2 Å². The van der Waals surface area contributed by atoms with Crippen LogP contribution in [0.4, 0.5) is 0 Å². The Kier molecular flexibility index (Phi) is 5.21. The summed E-state index contributed by atoms with van der Waals surface area (Å²) >= 11 is 0. The fourth-order valence-electron chi connectivity index (χ4n) is 3.36. The maximum absolute atomic E-state index is 13.1. The molecule has 3 rings (SSSR count). The predicted octanol–water partition coefficient (Wildman–Crippen LogP) is 2.54. The first-order valence-corrected chi connectivity index (χ1v) is 8.40. The molecule has 0 bridgehead atoms. The van der Waals surface area contributed by atoms with Crippen molar-refractivity contribution in [2.75, 3.05) is 27.9 Å². The Labute approximate surface area is 157 Å². The van der Waals surface area contributed by atoms with Crippen LogP contribution in [0.25, 0.3) is 0 Å². The van der Waals surface area contributed by atoms with Crippen molar-refractivity contribution in [3.05, 3.63) is 53.1 Å². The molecule has 1 atom stereocenters. The fraction of sp³-hybridized carbons (Fsp3) is 0.300. The van der Waals surface area contributed by atoms with Gasteiger partial charge in [0.2, 0.25) is 5.75 Å². The average Bonchev–Trinajstić information content (AvgIpc) is 2.70. The van der Waals surface area contributed by atoms with E-state index in [4.69, 9.17) is 14.2 Å². The van der Waals surface area contributed by atoms with Gasteiger partial charge in [-0.3, -0.25) is 9.59 Å². The van der Waals surface area contributed by atoms with Gasteiger partial charge in [-0.05, 0) is 23.3 Å². The minimum atomic E-state index is -0.954. The van der Waals surface area contributed by atoms with Crippen LogP contribution in [-0.2, 0) is 11.3 Å². The summed E-state index contributed by atoms with van der Waals surface area (Å²) in [5, 5.41) is 9.59. The lowest BCUT2D eigenvalue weighted by molar-refractivity contribution is -0.139. The van der Waals surface area contributed by atoms with E-state index in [0.717, 1.165) is 11.1 Å². The maximum atomic E-state index is 13.1. The molecule has 0 spiro atoms. The molecule has 1 heterocycles. The highest BCUT2D eigenvalue weighted by atomic mass is 16.5. The highest BCUT2D eigenvalue weighted by Crippen LogP contribution is 2.39. The molecule has 27 heavy (non-hydrogen) atoms. The van der Waals surface area contributed by atoms with Crippen molar-refractivity contribution in [1.82, 2.24) is 4.90 Å². The van der Waals surface area contributed by atoms with Crippen molar-refractivity contribution in [3.8, 4) is 17.2 Å². The van der Waals surface area contributed by atoms with Gasteiger partial charge in [-0.25, -0.2) is 0 Å². The van der Waals surface area contributed by atoms with Gasteiger partial charge in [-0.2, -0.15) is 0 Å². The molecule has 0 fully saturated rings. The molecular formula is C20H21NO6. The van der Waals surface area contributed by atoms with Crippen LogP contribution in [0, 0.1) is 0 Å². The molecular weight excluding hydrogens is 350 g/mol. The molecule has 7 nitrogen and oxygen atoms in total. The second-order valence-electron chi connectivity index (χ2n) is 6.19. The van der Waals surface area contributed by atoms with Gasteiger partial charge in [-0.1, -0.05) is 24.3 Å². The van der Waals surface area contributed by atoms with Crippen LogP contribution in [-0.4, -0.2) is 49.8 Å². The van der Waals surface area contributed by atoms with Crippen LogP contribution in [0.2, 0.25) is 0 Å². The molecule has 142 valence electrons. The van der Waals surface area contributed by atoms with E-state index in [9.17, 15) is 14.7 Å². The lowest BCUT2D eigenvalue weighted by Crippen LogP contribution is -2.40. The predicted molar refractivity (Wildman–Crippen MR) is 97.7 cm³/mol. The third-order valence-corrected chi connectivity index (χ3v) is 4.69. The van der Waals surface area contributed by atoms with E-state index < -0.39 is 11.9 Å². The smallest absolute Gasteiger partial charge is 0.312 e. The molecule has 1 aliphatic rings. The van der Waals surface area contributed by atoms with E-state index in [2.05, 4.69) is 0 Å². The Morgan fingerprint density at radius 3 is 2.22 bits per heavy atom. The first-order valence-electron chi connectivity index (χ1n) is 8.40. The Balaban J connectivity index is 1.98. The van der Waals surface area contributed by atoms with E-state index in [1.54, 1.807) is 18.2 Å². The summed E-state index contributed by atoms with van der Waals surface area (Å²) in [6.07, 6.45) is 0. The average molecular weight is 371 g/mol. The summed E-state index contributed by atoms with van der Waals surface area (Å²) in [7, 11) is 4.44. The molecule has 1 aliphatic heterocycles. The van der Waals surface area contributed by atoms with Crippen molar-refractivity contribution in [2.24, 2.45) is 0 Å². The Bertz CT molecular complexity index is 854. The minimum Gasteiger partial charge on any atom is -0.493 e. The number of carboxylic acids is 1. The second-order valence-corrected chi connectivity index (χ2v) is 6.19. The lowest BCUT2D eigenvalue weighted by atomic mass is 9.89. The standard InChI is InChI=1S/C20H21NO6/c1-25-16-8-13(9-17(26-2)18(16)27-3)19(22)21-10-12-6-4-5-7-14(12)15(11-21)20(23)24/h4-9,15H,10-11H2,1-3H3,(H,23,24). The number of fused-ring (bicyclic) bond motifs is 1. The number of hydrogen-bond acceptors (Lipinski definition) is 5. The zero-order chi connectivity index (χ0) is 19.6. The zero-order valence-electron chi connectivity index (χ0n) is 15.4. The van der Waals surface area contributed by atoms with Gasteiger partial charge >= 0.3 is 5.97 Å². The number of nitrogens with zero attached hydrogens (tertiary/aromatic N) is 1. The van der Waals surface area contributed by atoms with Crippen molar-refractivity contribution < 1.29 is 28.9 Å². The number of hydrogen-bond donors (Lipinski definition) is 1. The van der Waals surface area contributed by atoms with Gasteiger partial charge in [0.1, 0.15) is 0 Å². The number of amides is 1. The molecule has 0 aromatic heterocycles.